The minimum absolute atomic E-state index is 0.0674. The van der Waals surface area contributed by atoms with E-state index < -0.39 is 23.7 Å². The van der Waals surface area contributed by atoms with E-state index in [-0.39, 0.29) is 23.1 Å². The molecule has 2 aromatic heterocycles. The van der Waals surface area contributed by atoms with Gasteiger partial charge < -0.3 is 14.8 Å². The van der Waals surface area contributed by atoms with Crippen molar-refractivity contribution in [2.24, 2.45) is 0 Å². The summed E-state index contributed by atoms with van der Waals surface area (Å²) >= 11 is 0. The molecule has 5 nitrogen and oxygen atoms in total. The van der Waals surface area contributed by atoms with E-state index >= 15 is 0 Å². The van der Waals surface area contributed by atoms with Crippen LogP contribution in [0.2, 0.25) is 0 Å². The monoisotopic (exact) mass is 483 g/mol. The SMILES string of the molecule is CC(O)Cn1cc([C@@](O)(c2ccc3c(cnn3-c3ccc(F)cc3)c2)C(F)(F)F)c2ccccc21. The van der Waals surface area contributed by atoms with Crippen LogP contribution in [0.4, 0.5) is 17.6 Å². The van der Waals surface area contributed by atoms with Gasteiger partial charge in [-0.15, -0.1) is 0 Å². The van der Waals surface area contributed by atoms with Crippen LogP contribution in [0.25, 0.3) is 27.5 Å². The predicted octanol–water partition coefficient (Wildman–Crippen LogP) is 5.30. The number of nitrogens with zero attached hydrogens (tertiary/aromatic N) is 3. The third-order valence-corrected chi connectivity index (χ3v) is 6.11. The molecule has 0 aliphatic rings. The van der Waals surface area contributed by atoms with E-state index in [1.54, 1.807) is 18.2 Å². The van der Waals surface area contributed by atoms with Crippen LogP contribution in [0.3, 0.4) is 0 Å². The summed E-state index contributed by atoms with van der Waals surface area (Å²) in [4.78, 5) is 0. The molecule has 0 amide bonds. The maximum absolute atomic E-state index is 14.6. The molecular weight excluding hydrogens is 462 g/mol. The Hall–Kier alpha value is -3.69. The summed E-state index contributed by atoms with van der Waals surface area (Å²) in [6, 6.07) is 15.9. The van der Waals surface area contributed by atoms with E-state index in [1.807, 2.05) is 0 Å². The molecule has 1 unspecified atom stereocenters. The predicted molar refractivity (Wildman–Crippen MR) is 124 cm³/mol. The zero-order valence-corrected chi connectivity index (χ0v) is 18.5. The molecule has 0 saturated heterocycles. The second kappa shape index (κ2) is 8.21. The van der Waals surface area contributed by atoms with Crippen LogP contribution in [0, 0.1) is 5.82 Å². The molecule has 0 fully saturated rings. The van der Waals surface area contributed by atoms with Gasteiger partial charge >= 0.3 is 6.18 Å². The smallest absolute Gasteiger partial charge is 0.392 e. The zero-order valence-electron chi connectivity index (χ0n) is 18.5. The standard InChI is InChI=1S/C26H21F4N3O2/c1-16(34)14-32-15-22(21-4-2-3-5-24(21)32)25(35,26(28,29)30)18-6-11-23-17(12-18)13-31-33(23)20-9-7-19(27)8-10-20/h2-13,15-16,34-35H,14H2,1H3/t16?,25-/m0/s1. The van der Waals surface area contributed by atoms with Crippen molar-refractivity contribution in [3.63, 3.8) is 0 Å². The van der Waals surface area contributed by atoms with Crippen molar-refractivity contribution in [2.45, 2.75) is 31.3 Å². The lowest BCUT2D eigenvalue weighted by atomic mass is 9.85. The molecule has 5 rings (SSSR count). The summed E-state index contributed by atoms with van der Waals surface area (Å²) in [6.45, 7) is 1.61. The van der Waals surface area contributed by atoms with E-state index in [0.717, 1.165) is 0 Å². The van der Waals surface area contributed by atoms with Gasteiger partial charge in [-0.1, -0.05) is 24.3 Å². The summed E-state index contributed by atoms with van der Waals surface area (Å²) < 4.78 is 60.2. The fourth-order valence-electron chi connectivity index (χ4n) is 4.49. The lowest BCUT2D eigenvalue weighted by Gasteiger charge is -2.31. The van der Waals surface area contributed by atoms with Crippen LogP contribution < -0.4 is 0 Å². The van der Waals surface area contributed by atoms with Crippen LogP contribution in [-0.4, -0.2) is 36.8 Å². The highest BCUT2D eigenvalue weighted by atomic mass is 19.4. The molecule has 35 heavy (non-hydrogen) atoms. The highest BCUT2D eigenvalue weighted by molar-refractivity contribution is 5.87. The molecule has 0 radical (unpaired) electrons. The molecule has 3 aromatic carbocycles. The van der Waals surface area contributed by atoms with Crippen LogP contribution in [0.1, 0.15) is 18.1 Å². The summed E-state index contributed by atoms with van der Waals surface area (Å²) in [6.07, 6.45) is -3.20. The summed E-state index contributed by atoms with van der Waals surface area (Å²) in [5, 5.41) is 26.1. The lowest BCUT2D eigenvalue weighted by molar-refractivity contribution is -0.247. The number of alkyl halides is 3. The molecule has 5 aromatic rings. The minimum atomic E-state index is -5.05. The van der Waals surface area contributed by atoms with Gasteiger partial charge in [0.1, 0.15) is 5.82 Å². The number of rotatable bonds is 5. The number of hydrogen-bond acceptors (Lipinski definition) is 3. The van der Waals surface area contributed by atoms with Gasteiger partial charge in [0.2, 0.25) is 5.60 Å². The Balaban J connectivity index is 1.70. The Morgan fingerprint density at radius 3 is 2.37 bits per heavy atom. The van der Waals surface area contributed by atoms with Gasteiger partial charge in [-0.05, 0) is 55.0 Å². The molecule has 9 heteroatoms. The molecule has 0 saturated carbocycles. The molecule has 2 N–H and O–H groups in total. The van der Waals surface area contributed by atoms with Gasteiger partial charge in [-0.2, -0.15) is 18.3 Å². The van der Waals surface area contributed by atoms with Gasteiger partial charge in [0.05, 0.1) is 23.5 Å². The van der Waals surface area contributed by atoms with E-state index in [1.165, 1.54) is 77.1 Å². The number of fused-ring (bicyclic) bond motifs is 2. The minimum Gasteiger partial charge on any atom is -0.392 e. The molecule has 0 spiro atoms. The number of hydrogen-bond donors (Lipinski definition) is 2. The van der Waals surface area contributed by atoms with Crippen LogP contribution in [0.15, 0.2) is 79.1 Å². The van der Waals surface area contributed by atoms with Crippen molar-refractivity contribution in [1.29, 1.82) is 0 Å². The zero-order chi connectivity index (χ0) is 25.0. The first kappa shape index (κ1) is 23.1. The van der Waals surface area contributed by atoms with Crippen molar-refractivity contribution >= 4 is 21.8 Å². The Kier molecular flexibility index (Phi) is 5.41. The first-order valence-corrected chi connectivity index (χ1v) is 10.9. The first-order valence-electron chi connectivity index (χ1n) is 10.9. The van der Waals surface area contributed by atoms with Gasteiger partial charge in [0.25, 0.3) is 0 Å². The molecule has 0 bridgehead atoms. The third-order valence-electron chi connectivity index (χ3n) is 6.11. The number of benzene rings is 3. The fourth-order valence-corrected chi connectivity index (χ4v) is 4.49. The summed E-state index contributed by atoms with van der Waals surface area (Å²) in [5.41, 5.74) is -2.50. The topological polar surface area (TPSA) is 63.2 Å². The number of para-hydroxylation sites is 1. The number of aliphatic hydroxyl groups excluding tert-OH is 1. The Morgan fingerprint density at radius 1 is 0.971 bits per heavy atom. The van der Waals surface area contributed by atoms with Crippen molar-refractivity contribution in [3.05, 3.63) is 96.1 Å². The number of aromatic nitrogens is 3. The highest BCUT2D eigenvalue weighted by Crippen LogP contribution is 2.47. The van der Waals surface area contributed by atoms with Gasteiger partial charge in [-0.25, -0.2) is 9.07 Å². The van der Waals surface area contributed by atoms with Crippen LogP contribution in [0.5, 0.6) is 0 Å². The molecule has 180 valence electrons. The second-order valence-corrected chi connectivity index (χ2v) is 8.58. The van der Waals surface area contributed by atoms with Crippen LogP contribution >= 0.6 is 0 Å². The summed E-state index contributed by atoms with van der Waals surface area (Å²) in [7, 11) is 0. The van der Waals surface area contributed by atoms with E-state index in [0.29, 0.717) is 22.1 Å². The maximum Gasteiger partial charge on any atom is 0.425 e. The summed E-state index contributed by atoms with van der Waals surface area (Å²) in [5.74, 6) is -0.419. The van der Waals surface area contributed by atoms with E-state index in [9.17, 15) is 27.8 Å². The normalized spacial score (nSPS) is 14.9. The Bertz CT molecular complexity index is 1520. The van der Waals surface area contributed by atoms with Gasteiger partial charge in [-0.3, -0.25) is 0 Å². The molecular formula is C26H21F4N3O2. The van der Waals surface area contributed by atoms with Crippen molar-refractivity contribution in [3.8, 4) is 5.69 Å². The molecule has 2 heterocycles. The van der Waals surface area contributed by atoms with Gasteiger partial charge in [0.15, 0.2) is 0 Å². The highest BCUT2D eigenvalue weighted by Gasteiger charge is 2.57. The molecule has 0 aliphatic heterocycles. The fraction of sp³-hybridized carbons (Fsp3) is 0.192. The Labute approximate surface area is 197 Å². The number of aliphatic hydroxyl groups is 2. The largest absolute Gasteiger partial charge is 0.425 e. The molecule has 0 aliphatic carbocycles. The van der Waals surface area contributed by atoms with Crippen LogP contribution in [-0.2, 0) is 12.1 Å². The van der Waals surface area contributed by atoms with Crippen molar-refractivity contribution < 1.29 is 27.8 Å². The lowest BCUT2D eigenvalue weighted by Crippen LogP contribution is -2.43. The van der Waals surface area contributed by atoms with Crippen molar-refractivity contribution in [2.75, 3.05) is 0 Å². The maximum atomic E-state index is 14.6. The average Bonchev–Trinajstić information content (AvgIpc) is 3.40. The van der Waals surface area contributed by atoms with E-state index in [4.69, 9.17) is 0 Å². The number of halogens is 4. The third kappa shape index (κ3) is 3.77. The average molecular weight is 483 g/mol. The van der Waals surface area contributed by atoms with E-state index in [2.05, 4.69) is 5.10 Å². The Morgan fingerprint density at radius 2 is 1.69 bits per heavy atom. The molecule has 2 atom stereocenters. The van der Waals surface area contributed by atoms with Gasteiger partial charge in [0, 0.05) is 34.6 Å². The quantitative estimate of drug-likeness (QED) is 0.334. The first-order chi connectivity index (χ1) is 16.6. The second-order valence-electron chi connectivity index (χ2n) is 8.58. The van der Waals surface area contributed by atoms with Crippen molar-refractivity contribution in [1.82, 2.24) is 14.3 Å².